The zero-order chi connectivity index (χ0) is 13.8. The molecule has 0 bridgehead atoms. The average Bonchev–Trinajstić information content (AvgIpc) is 2.37. The Labute approximate surface area is 115 Å². The van der Waals surface area contributed by atoms with E-state index in [9.17, 15) is 0 Å². The molecule has 1 saturated heterocycles. The maximum atomic E-state index is 5.90. The third-order valence-corrected chi connectivity index (χ3v) is 3.55. The van der Waals surface area contributed by atoms with E-state index in [1.54, 1.807) is 6.33 Å². The first-order valence-corrected chi connectivity index (χ1v) is 7.09. The van der Waals surface area contributed by atoms with E-state index in [0.717, 1.165) is 12.2 Å². The summed E-state index contributed by atoms with van der Waals surface area (Å²) >= 11 is 0. The van der Waals surface area contributed by atoms with E-state index in [-0.39, 0.29) is 6.10 Å². The van der Waals surface area contributed by atoms with E-state index >= 15 is 0 Å². The van der Waals surface area contributed by atoms with Gasteiger partial charge in [0.25, 0.3) is 0 Å². The normalized spacial score (nSPS) is 23.7. The second-order valence-electron chi connectivity index (χ2n) is 5.46. The molecule has 2 heterocycles. The van der Waals surface area contributed by atoms with E-state index in [4.69, 9.17) is 10.5 Å². The number of aromatic nitrogens is 2. The predicted octanol–water partition coefficient (Wildman–Crippen LogP) is 1.97. The van der Waals surface area contributed by atoms with Gasteiger partial charge in [-0.2, -0.15) is 0 Å². The minimum Gasteiger partial charge on any atom is -0.475 e. The molecule has 2 atom stereocenters. The van der Waals surface area contributed by atoms with Crippen LogP contribution in [0.5, 0.6) is 5.88 Å². The van der Waals surface area contributed by atoms with Gasteiger partial charge in [-0.05, 0) is 40.0 Å². The molecule has 5 nitrogen and oxygen atoms in total. The Balaban J connectivity index is 2.23. The van der Waals surface area contributed by atoms with Crippen molar-refractivity contribution in [3.63, 3.8) is 0 Å². The highest BCUT2D eigenvalue weighted by atomic mass is 16.5. The van der Waals surface area contributed by atoms with Gasteiger partial charge >= 0.3 is 0 Å². The number of anilines is 1. The van der Waals surface area contributed by atoms with Crippen molar-refractivity contribution < 1.29 is 4.74 Å². The first kappa shape index (κ1) is 14.1. The van der Waals surface area contributed by atoms with Crippen molar-refractivity contribution in [1.82, 2.24) is 9.97 Å². The standard InChI is InChI=1S/C14H24N4O/c1-10(2)19-14-7-13(16-9-17-14)18-11(3)5-4-6-12(18)8-15/h7,9-12H,4-6,8,15H2,1-3H3. The lowest BCUT2D eigenvalue weighted by molar-refractivity contribution is 0.232. The summed E-state index contributed by atoms with van der Waals surface area (Å²) in [7, 11) is 0. The molecule has 106 valence electrons. The summed E-state index contributed by atoms with van der Waals surface area (Å²) in [5, 5.41) is 0. The molecular formula is C14H24N4O. The zero-order valence-corrected chi connectivity index (χ0v) is 12.0. The Hall–Kier alpha value is -1.36. The van der Waals surface area contributed by atoms with Gasteiger partial charge in [0, 0.05) is 24.7 Å². The van der Waals surface area contributed by atoms with Crippen LogP contribution >= 0.6 is 0 Å². The number of nitrogens with two attached hydrogens (primary N) is 1. The summed E-state index contributed by atoms with van der Waals surface area (Å²) in [5.74, 6) is 1.56. The monoisotopic (exact) mass is 264 g/mol. The lowest BCUT2D eigenvalue weighted by Crippen LogP contribution is -2.49. The SMILES string of the molecule is CC(C)Oc1cc(N2C(C)CCCC2CN)ncn1. The Bertz CT molecular complexity index is 410. The molecule has 19 heavy (non-hydrogen) atoms. The van der Waals surface area contributed by atoms with Gasteiger partial charge in [-0.15, -0.1) is 0 Å². The quantitative estimate of drug-likeness (QED) is 0.900. The smallest absolute Gasteiger partial charge is 0.218 e. The summed E-state index contributed by atoms with van der Waals surface area (Å²) in [6.45, 7) is 6.88. The lowest BCUT2D eigenvalue weighted by atomic mass is 9.96. The molecule has 0 saturated carbocycles. The number of rotatable bonds is 4. The van der Waals surface area contributed by atoms with Gasteiger partial charge in [-0.3, -0.25) is 0 Å². The van der Waals surface area contributed by atoms with E-state index in [1.807, 2.05) is 19.9 Å². The average molecular weight is 264 g/mol. The molecule has 1 aromatic rings. The Morgan fingerprint density at radius 3 is 2.89 bits per heavy atom. The van der Waals surface area contributed by atoms with Gasteiger partial charge in [-0.1, -0.05) is 0 Å². The number of nitrogens with zero attached hydrogens (tertiary/aromatic N) is 3. The fourth-order valence-corrected chi connectivity index (χ4v) is 2.71. The molecule has 1 aromatic heterocycles. The molecule has 2 N–H and O–H groups in total. The van der Waals surface area contributed by atoms with Gasteiger partial charge in [0.15, 0.2) is 0 Å². The topological polar surface area (TPSA) is 64.3 Å². The van der Waals surface area contributed by atoms with Crippen molar-refractivity contribution in [2.45, 2.75) is 58.2 Å². The minimum atomic E-state index is 0.117. The van der Waals surface area contributed by atoms with E-state index < -0.39 is 0 Å². The third kappa shape index (κ3) is 3.35. The molecule has 5 heteroatoms. The van der Waals surface area contributed by atoms with Crippen molar-refractivity contribution in [3.05, 3.63) is 12.4 Å². The fraction of sp³-hybridized carbons (Fsp3) is 0.714. The second-order valence-corrected chi connectivity index (χ2v) is 5.46. The van der Waals surface area contributed by atoms with Crippen molar-refractivity contribution >= 4 is 5.82 Å². The summed E-state index contributed by atoms with van der Waals surface area (Å²) in [5.41, 5.74) is 5.90. The molecule has 0 spiro atoms. The van der Waals surface area contributed by atoms with E-state index in [2.05, 4.69) is 21.8 Å². The highest BCUT2D eigenvalue weighted by Crippen LogP contribution is 2.28. The molecule has 0 radical (unpaired) electrons. The third-order valence-electron chi connectivity index (χ3n) is 3.55. The molecule has 1 aliphatic rings. The summed E-state index contributed by atoms with van der Waals surface area (Å²) in [4.78, 5) is 10.9. The van der Waals surface area contributed by atoms with Crippen molar-refractivity contribution in [1.29, 1.82) is 0 Å². The van der Waals surface area contributed by atoms with E-state index in [1.165, 1.54) is 12.8 Å². The molecule has 0 aromatic carbocycles. The molecule has 0 amide bonds. The number of hydrogen-bond acceptors (Lipinski definition) is 5. The highest BCUT2D eigenvalue weighted by Gasteiger charge is 2.28. The molecular weight excluding hydrogens is 240 g/mol. The maximum Gasteiger partial charge on any atom is 0.218 e. The van der Waals surface area contributed by atoms with Crippen LogP contribution in [0.25, 0.3) is 0 Å². The van der Waals surface area contributed by atoms with Crippen molar-refractivity contribution in [3.8, 4) is 5.88 Å². The van der Waals surface area contributed by atoms with Gasteiger partial charge in [0.1, 0.15) is 12.1 Å². The maximum absolute atomic E-state index is 5.90. The Morgan fingerprint density at radius 2 is 2.21 bits per heavy atom. The number of ether oxygens (including phenoxy) is 1. The van der Waals surface area contributed by atoms with Crippen LogP contribution in [0.2, 0.25) is 0 Å². The largest absolute Gasteiger partial charge is 0.475 e. The Kier molecular flexibility index (Phi) is 4.58. The van der Waals surface area contributed by atoms with Crippen LogP contribution in [0.4, 0.5) is 5.82 Å². The highest BCUT2D eigenvalue weighted by molar-refractivity contribution is 5.44. The van der Waals surface area contributed by atoms with Crippen LogP contribution in [-0.4, -0.2) is 34.7 Å². The van der Waals surface area contributed by atoms with Gasteiger partial charge in [0.2, 0.25) is 5.88 Å². The Morgan fingerprint density at radius 1 is 1.42 bits per heavy atom. The minimum absolute atomic E-state index is 0.117. The predicted molar refractivity (Wildman–Crippen MR) is 76.4 cm³/mol. The summed E-state index contributed by atoms with van der Waals surface area (Å²) in [6.07, 6.45) is 5.24. The molecule has 0 aliphatic carbocycles. The fourth-order valence-electron chi connectivity index (χ4n) is 2.71. The van der Waals surface area contributed by atoms with Crippen LogP contribution in [0.15, 0.2) is 12.4 Å². The van der Waals surface area contributed by atoms with Gasteiger partial charge in [0.05, 0.1) is 6.10 Å². The lowest BCUT2D eigenvalue weighted by Gasteiger charge is -2.41. The van der Waals surface area contributed by atoms with Crippen LogP contribution in [0.3, 0.4) is 0 Å². The van der Waals surface area contributed by atoms with Crippen LogP contribution < -0.4 is 15.4 Å². The summed E-state index contributed by atoms with van der Waals surface area (Å²) < 4.78 is 5.64. The molecule has 1 aliphatic heterocycles. The van der Waals surface area contributed by atoms with Crippen LogP contribution in [-0.2, 0) is 0 Å². The van der Waals surface area contributed by atoms with Gasteiger partial charge < -0.3 is 15.4 Å². The van der Waals surface area contributed by atoms with Crippen molar-refractivity contribution in [2.24, 2.45) is 5.73 Å². The van der Waals surface area contributed by atoms with E-state index in [0.29, 0.717) is 24.5 Å². The number of piperidine rings is 1. The first-order chi connectivity index (χ1) is 9.11. The van der Waals surface area contributed by atoms with Gasteiger partial charge in [-0.25, -0.2) is 9.97 Å². The molecule has 2 rings (SSSR count). The molecule has 1 fully saturated rings. The number of hydrogen-bond donors (Lipinski definition) is 1. The summed E-state index contributed by atoms with van der Waals surface area (Å²) in [6, 6.07) is 2.75. The van der Waals surface area contributed by atoms with Crippen LogP contribution in [0.1, 0.15) is 40.0 Å². The van der Waals surface area contributed by atoms with Crippen molar-refractivity contribution in [2.75, 3.05) is 11.4 Å². The first-order valence-electron chi connectivity index (χ1n) is 7.09. The molecule has 2 unspecified atom stereocenters. The van der Waals surface area contributed by atoms with Crippen LogP contribution in [0, 0.1) is 0 Å². The second kappa shape index (κ2) is 6.19. The zero-order valence-electron chi connectivity index (χ0n) is 12.0.